The van der Waals surface area contributed by atoms with Gasteiger partial charge in [0.15, 0.2) is 0 Å². The van der Waals surface area contributed by atoms with Crippen LogP contribution in [0.2, 0.25) is 16.6 Å². The number of hydrogen-bond acceptors (Lipinski definition) is 4. The van der Waals surface area contributed by atoms with Gasteiger partial charge in [0.05, 0.1) is 5.39 Å². The number of nitrogens with one attached hydrogen (secondary N) is 1. The highest BCUT2D eigenvalue weighted by molar-refractivity contribution is 7.16. The van der Waals surface area contributed by atoms with Crippen LogP contribution in [0.25, 0.3) is 10.2 Å². The van der Waals surface area contributed by atoms with Crippen molar-refractivity contribution in [2.75, 3.05) is 11.9 Å². The lowest BCUT2D eigenvalue weighted by molar-refractivity contribution is 0.838. The Hall–Kier alpha value is -1.38. The summed E-state index contributed by atoms with van der Waals surface area (Å²) in [5, 5.41) is 6.57. The fourth-order valence-corrected chi connectivity index (χ4v) is 9.85. The third kappa shape index (κ3) is 3.81. The monoisotopic (exact) mass is 359 g/mol. The Kier molecular flexibility index (Phi) is 6.42. The molecule has 0 aliphatic rings. The molecule has 2 heterocycles. The largest absolute Gasteiger partial charge is 0.368 e. The van der Waals surface area contributed by atoms with Crippen molar-refractivity contribution in [1.29, 1.82) is 0 Å². The molecule has 0 aliphatic heterocycles. The first-order valence-corrected chi connectivity index (χ1v) is 11.9. The fourth-order valence-electron chi connectivity index (χ4n) is 3.82. The maximum atomic E-state index is 4.36. The summed E-state index contributed by atoms with van der Waals surface area (Å²) < 4.78 is 0. The molecule has 0 amide bonds. The second-order valence-electron chi connectivity index (χ2n) is 7.24. The second kappa shape index (κ2) is 8.13. The topological polar surface area (TPSA) is 37.8 Å². The first kappa shape index (κ1) is 18.9. The SMILES string of the molecule is CC(C)[Si](C#CCCNc1ncnc2sccc12)(C(C)C)C(C)C. The highest BCUT2D eigenvalue weighted by Crippen LogP contribution is 2.40. The molecule has 1 N–H and O–H groups in total. The Morgan fingerprint density at radius 2 is 1.75 bits per heavy atom. The molecule has 130 valence electrons. The van der Waals surface area contributed by atoms with E-state index in [4.69, 9.17) is 0 Å². The van der Waals surface area contributed by atoms with Crippen molar-refractivity contribution in [1.82, 2.24) is 9.97 Å². The molecule has 2 aromatic heterocycles. The Morgan fingerprint density at radius 1 is 1.08 bits per heavy atom. The van der Waals surface area contributed by atoms with Crippen LogP contribution in [0.5, 0.6) is 0 Å². The van der Waals surface area contributed by atoms with E-state index in [1.807, 2.05) is 0 Å². The molecule has 0 aliphatic carbocycles. The summed E-state index contributed by atoms with van der Waals surface area (Å²) in [5.74, 6) is 4.41. The van der Waals surface area contributed by atoms with E-state index in [0.717, 1.165) is 29.0 Å². The molecule has 2 rings (SSSR count). The van der Waals surface area contributed by atoms with Crippen LogP contribution in [-0.4, -0.2) is 24.6 Å². The van der Waals surface area contributed by atoms with Crippen molar-refractivity contribution >= 4 is 35.4 Å². The third-order valence-electron chi connectivity index (χ3n) is 4.98. The van der Waals surface area contributed by atoms with Crippen molar-refractivity contribution < 1.29 is 0 Å². The van der Waals surface area contributed by atoms with E-state index in [9.17, 15) is 0 Å². The summed E-state index contributed by atoms with van der Waals surface area (Å²) in [4.78, 5) is 9.67. The first-order chi connectivity index (χ1) is 11.4. The number of rotatable bonds is 6. The predicted molar refractivity (Wildman–Crippen MR) is 109 cm³/mol. The predicted octanol–water partition coefficient (Wildman–Crippen LogP) is 5.71. The van der Waals surface area contributed by atoms with Gasteiger partial charge in [-0.3, -0.25) is 0 Å². The quantitative estimate of drug-likeness (QED) is 0.407. The normalized spacial score (nSPS) is 12.0. The standard InChI is InChI=1S/C19H29N3SSi/c1-14(2)24(15(3)4,16(5)6)12-8-7-10-20-18-17-9-11-23-19(17)22-13-21-18/h9,11,13-16H,7,10H2,1-6H3,(H,20,21,22). The molecule has 0 radical (unpaired) electrons. The van der Waals surface area contributed by atoms with Crippen LogP contribution in [0.3, 0.4) is 0 Å². The minimum absolute atomic E-state index is 0.685. The van der Waals surface area contributed by atoms with Crippen LogP contribution < -0.4 is 5.32 Å². The summed E-state index contributed by atoms with van der Waals surface area (Å²) in [6, 6.07) is 2.07. The van der Waals surface area contributed by atoms with Crippen molar-refractivity contribution in [2.45, 2.75) is 64.6 Å². The van der Waals surface area contributed by atoms with Crippen molar-refractivity contribution in [3.8, 4) is 11.5 Å². The van der Waals surface area contributed by atoms with Gasteiger partial charge in [0.1, 0.15) is 25.0 Å². The summed E-state index contributed by atoms with van der Waals surface area (Å²) in [6.07, 6.45) is 2.48. The number of aromatic nitrogens is 2. The number of thiophene rings is 1. The number of hydrogen-bond donors (Lipinski definition) is 1. The Balaban J connectivity index is 2.03. The van der Waals surface area contributed by atoms with Crippen molar-refractivity contribution in [3.63, 3.8) is 0 Å². The molecular weight excluding hydrogens is 330 g/mol. The van der Waals surface area contributed by atoms with Gasteiger partial charge in [0.2, 0.25) is 0 Å². The highest BCUT2D eigenvalue weighted by atomic mass is 32.1. The lowest BCUT2D eigenvalue weighted by atomic mass is 10.3. The van der Waals surface area contributed by atoms with E-state index >= 15 is 0 Å². The lowest BCUT2D eigenvalue weighted by Crippen LogP contribution is -2.43. The number of fused-ring (bicyclic) bond motifs is 1. The van der Waals surface area contributed by atoms with E-state index < -0.39 is 8.07 Å². The molecule has 0 spiro atoms. The summed E-state index contributed by atoms with van der Waals surface area (Å²) in [7, 11) is -1.60. The van der Waals surface area contributed by atoms with Gasteiger partial charge >= 0.3 is 0 Å². The summed E-state index contributed by atoms with van der Waals surface area (Å²) >= 11 is 1.64. The zero-order chi connectivity index (χ0) is 17.7. The smallest absolute Gasteiger partial charge is 0.145 e. The summed E-state index contributed by atoms with van der Waals surface area (Å²) in [6.45, 7) is 15.0. The van der Waals surface area contributed by atoms with Crippen molar-refractivity contribution in [2.24, 2.45) is 0 Å². The van der Waals surface area contributed by atoms with Crippen LogP contribution in [0, 0.1) is 11.5 Å². The molecule has 0 saturated carbocycles. The van der Waals surface area contributed by atoms with Crippen LogP contribution in [-0.2, 0) is 0 Å². The zero-order valence-corrected chi connectivity index (χ0v) is 17.5. The first-order valence-electron chi connectivity index (χ1n) is 8.81. The minimum atomic E-state index is -1.60. The van der Waals surface area contributed by atoms with E-state index in [-0.39, 0.29) is 0 Å². The van der Waals surface area contributed by atoms with E-state index in [1.165, 1.54) is 0 Å². The van der Waals surface area contributed by atoms with Gasteiger partial charge in [-0.2, -0.15) is 0 Å². The van der Waals surface area contributed by atoms with Crippen LogP contribution in [0.1, 0.15) is 48.0 Å². The van der Waals surface area contributed by atoms with Gasteiger partial charge in [-0.15, -0.1) is 22.8 Å². The lowest BCUT2D eigenvalue weighted by Gasteiger charge is -2.38. The van der Waals surface area contributed by atoms with Gasteiger partial charge in [-0.05, 0) is 28.1 Å². The number of anilines is 1. The Labute approximate surface area is 151 Å². The highest BCUT2D eigenvalue weighted by Gasteiger charge is 2.41. The molecular formula is C19H29N3SSi. The molecule has 0 bridgehead atoms. The van der Waals surface area contributed by atoms with Gasteiger partial charge < -0.3 is 5.32 Å². The van der Waals surface area contributed by atoms with Gasteiger partial charge in [-0.1, -0.05) is 41.5 Å². The fraction of sp³-hybridized carbons (Fsp3) is 0.579. The minimum Gasteiger partial charge on any atom is -0.368 e. The molecule has 0 atom stereocenters. The average molecular weight is 360 g/mol. The average Bonchev–Trinajstić information content (AvgIpc) is 2.98. The molecule has 2 aromatic rings. The number of nitrogens with zero attached hydrogens (tertiary/aromatic N) is 2. The van der Waals surface area contributed by atoms with E-state index in [0.29, 0.717) is 16.6 Å². The third-order valence-corrected chi connectivity index (χ3v) is 12.1. The zero-order valence-electron chi connectivity index (χ0n) is 15.7. The molecule has 0 saturated heterocycles. The van der Waals surface area contributed by atoms with Gasteiger partial charge in [0.25, 0.3) is 0 Å². The van der Waals surface area contributed by atoms with Crippen molar-refractivity contribution in [3.05, 3.63) is 17.8 Å². The van der Waals surface area contributed by atoms with E-state index in [1.54, 1.807) is 17.7 Å². The Bertz CT molecular complexity index is 703. The molecule has 24 heavy (non-hydrogen) atoms. The molecule has 0 unspecified atom stereocenters. The van der Waals surface area contributed by atoms with Crippen LogP contribution in [0.4, 0.5) is 5.82 Å². The Morgan fingerprint density at radius 3 is 2.38 bits per heavy atom. The van der Waals surface area contributed by atoms with Gasteiger partial charge in [-0.25, -0.2) is 9.97 Å². The molecule has 5 heteroatoms. The summed E-state index contributed by atoms with van der Waals surface area (Å²) in [5.41, 5.74) is 5.82. The molecule has 3 nitrogen and oxygen atoms in total. The second-order valence-corrected chi connectivity index (χ2v) is 13.7. The van der Waals surface area contributed by atoms with Gasteiger partial charge in [0, 0.05) is 13.0 Å². The van der Waals surface area contributed by atoms with Crippen LogP contribution in [0.15, 0.2) is 17.8 Å². The van der Waals surface area contributed by atoms with Crippen LogP contribution >= 0.6 is 11.3 Å². The maximum Gasteiger partial charge on any atom is 0.145 e. The molecule has 0 fully saturated rings. The maximum absolute atomic E-state index is 4.36. The van der Waals surface area contributed by atoms with E-state index in [2.05, 4.69) is 79.7 Å². The molecule has 0 aromatic carbocycles.